The molecule has 2 heterocycles. The standard InChI is InChI=1S/C15H18N2O3S/c1-4-15(2,3)17-14(19)11-7-8-12(21-11)16-13(18)10-6-5-9-20-10/h5-9H,4H2,1-3H3,(H,16,18)(H,17,19). The van der Waals surface area contributed by atoms with E-state index in [2.05, 4.69) is 10.6 Å². The Labute approximate surface area is 127 Å². The monoisotopic (exact) mass is 306 g/mol. The van der Waals surface area contributed by atoms with E-state index < -0.39 is 0 Å². The summed E-state index contributed by atoms with van der Waals surface area (Å²) in [7, 11) is 0. The molecule has 0 bridgehead atoms. The second-order valence-electron chi connectivity index (χ2n) is 5.29. The van der Waals surface area contributed by atoms with Gasteiger partial charge in [-0.2, -0.15) is 0 Å². The van der Waals surface area contributed by atoms with Crippen molar-refractivity contribution < 1.29 is 14.0 Å². The summed E-state index contributed by atoms with van der Waals surface area (Å²) in [5, 5.41) is 6.27. The van der Waals surface area contributed by atoms with Gasteiger partial charge in [0.1, 0.15) is 0 Å². The van der Waals surface area contributed by atoms with E-state index in [1.54, 1.807) is 24.3 Å². The Bertz CT molecular complexity index is 629. The number of hydrogen-bond donors (Lipinski definition) is 2. The molecule has 0 aromatic carbocycles. The smallest absolute Gasteiger partial charge is 0.291 e. The van der Waals surface area contributed by atoms with Crippen molar-refractivity contribution in [2.75, 3.05) is 5.32 Å². The summed E-state index contributed by atoms with van der Waals surface area (Å²) in [6.07, 6.45) is 2.28. The van der Waals surface area contributed by atoms with Gasteiger partial charge >= 0.3 is 0 Å². The number of amides is 2. The predicted octanol–water partition coefficient (Wildman–Crippen LogP) is 3.51. The molecule has 21 heavy (non-hydrogen) atoms. The van der Waals surface area contributed by atoms with Crippen LogP contribution in [0.3, 0.4) is 0 Å². The van der Waals surface area contributed by atoms with Crippen LogP contribution in [-0.4, -0.2) is 17.4 Å². The molecule has 2 amide bonds. The molecule has 0 saturated heterocycles. The van der Waals surface area contributed by atoms with Crippen molar-refractivity contribution in [1.29, 1.82) is 0 Å². The maximum Gasteiger partial charge on any atom is 0.291 e. The Morgan fingerprint density at radius 3 is 2.62 bits per heavy atom. The van der Waals surface area contributed by atoms with E-state index in [0.717, 1.165) is 6.42 Å². The van der Waals surface area contributed by atoms with Crippen molar-refractivity contribution >= 4 is 28.2 Å². The van der Waals surface area contributed by atoms with Gasteiger partial charge in [0.15, 0.2) is 5.76 Å². The zero-order valence-corrected chi connectivity index (χ0v) is 13.0. The van der Waals surface area contributed by atoms with Crippen molar-refractivity contribution in [3.63, 3.8) is 0 Å². The lowest BCUT2D eigenvalue weighted by Crippen LogP contribution is -2.42. The van der Waals surface area contributed by atoms with E-state index in [1.807, 2.05) is 20.8 Å². The molecule has 0 fully saturated rings. The van der Waals surface area contributed by atoms with Gasteiger partial charge in [-0.25, -0.2) is 0 Å². The largest absolute Gasteiger partial charge is 0.459 e. The van der Waals surface area contributed by atoms with Crippen molar-refractivity contribution in [1.82, 2.24) is 5.32 Å². The number of carbonyl (C=O) groups excluding carboxylic acids is 2. The molecule has 0 aliphatic carbocycles. The Morgan fingerprint density at radius 1 is 1.24 bits per heavy atom. The van der Waals surface area contributed by atoms with Crippen molar-refractivity contribution in [3.05, 3.63) is 41.2 Å². The average Bonchev–Trinajstić information content (AvgIpc) is 3.09. The highest BCUT2D eigenvalue weighted by Gasteiger charge is 2.20. The summed E-state index contributed by atoms with van der Waals surface area (Å²) in [6, 6.07) is 6.64. The third-order valence-corrected chi connectivity index (χ3v) is 4.15. The Morgan fingerprint density at radius 2 is 2.00 bits per heavy atom. The SMILES string of the molecule is CCC(C)(C)NC(=O)c1ccc(NC(=O)c2ccco2)s1. The third kappa shape index (κ3) is 3.95. The fourth-order valence-corrected chi connectivity index (χ4v) is 2.36. The lowest BCUT2D eigenvalue weighted by atomic mass is 10.0. The summed E-state index contributed by atoms with van der Waals surface area (Å²) in [5.74, 6) is -0.227. The van der Waals surface area contributed by atoms with E-state index in [4.69, 9.17) is 4.42 Å². The van der Waals surface area contributed by atoms with Crippen LogP contribution in [-0.2, 0) is 0 Å². The maximum absolute atomic E-state index is 12.1. The first-order valence-electron chi connectivity index (χ1n) is 6.68. The van der Waals surface area contributed by atoms with Crippen LogP contribution in [0.1, 0.15) is 47.4 Å². The predicted molar refractivity (Wildman–Crippen MR) is 82.8 cm³/mol. The van der Waals surface area contributed by atoms with E-state index in [0.29, 0.717) is 9.88 Å². The molecular weight excluding hydrogens is 288 g/mol. The van der Waals surface area contributed by atoms with Gasteiger partial charge in [-0.15, -0.1) is 11.3 Å². The highest BCUT2D eigenvalue weighted by atomic mass is 32.1. The second-order valence-corrected chi connectivity index (χ2v) is 6.37. The highest BCUT2D eigenvalue weighted by Crippen LogP contribution is 2.23. The van der Waals surface area contributed by atoms with E-state index in [9.17, 15) is 9.59 Å². The van der Waals surface area contributed by atoms with E-state index in [1.165, 1.54) is 17.6 Å². The summed E-state index contributed by atoms with van der Waals surface area (Å²) >= 11 is 1.23. The molecule has 2 N–H and O–H groups in total. The molecule has 112 valence electrons. The molecule has 0 aliphatic heterocycles. The molecule has 2 aromatic heterocycles. The average molecular weight is 306 g/mol. The number of anilines is 1. The molecule has 0 spiro atoms. The van der Waals surface area contributed by atoms with Gasteiger partial charge in [-0.05, 0) is 44.5 Å². The van der Waals surface area contributed by atoms with Crippen LogP contribution in [0, 0.1) is 0 Å². The molecule has 2 rings (SSSR count). The minimum Gasteiger partial charge on any atom is -0.459 e. The van der Waals surface area contributed by atoms with Crippen molar-refractivity contribution in [3.8, 4) is 0 Å². The third-order valence-electron chi connectivity index (χ3n) is 3.15. The van der Waals surface area contributed by atoms with Crippen LogP contribution in [0.5, 0.6) is 0 Å². The molecule has 0 saturated carbocycles. The molecular formula is C15H18N2O3S. The zero-order chi connectivity index (χ0) is 15.5. The summed E-state index contributed by atoms with van der Waals surface area (Å²) in [5.41, 5.74) is -0.251. The molecule has 5 nitrogen and oxygen atoms in total. The topological polar surface area (TPSA) is 71.3 Å². The summed E-state index contributed by atoms with van der Waals surface area (Å²) < 4.78 is 5.02. The number of nitrogens with one attached hydrogen (secondary N) is 2. The van der Waals surface area contributed by atoms with E-state index in [-0.39, 0.29) is 23.1 Å². The highest BCUT2D eigenvalue weighted by molar-refractivity contribution is 7.18. The molecule has 0 atom stereocenters. The molecule has 0 aliphatic rings. The Balaban J connectivity index is 2.01. The fraction of sp³-hybridized carbons (Fsp3) is 0.333. The van der Waals surface area contributed by atoms with Crippen LogP contribution >= 0.6 is 11.3 Å². The van der Waals surface area contributed by atoms with Gasteiger partial charge in [0.05, 0.1) is 16.1 Å². The second kappa shape index (κ2) is 6.13. The molecule has 6 heteroatoms. The Hall–Kier alpha value is -2.08. The summed E-state index contributed by atoms with van der Waals surface area (Å²) in [4.78, 5) is 24.5. The normalized spacial score (nSPS) is 11.2. The number of thiophene rings is 1. The lowest BCUT2D eigenvalue weighted by Gasteiger charge is -2.23. The summed E-state index contributed by atoms with van der Waals surface area (Å²) in [6.45, 7) is 5.96. The number of furan rings is 1. The van der Waals surface area contributed by atoms with Gasteiger partial charge in [-0.1, -0.05) is 6.92 Å². The van der Waals surface area contributed by atoms with E-state index >= 15 is 0 Å². The maximum atomic E-state index is 12.1. The van der Waals surface area contributed by atoms with Crippen molar-refractivity contribution in [2.45, 2.75) is 32.7 Å². The van der Waals surface area contributed by atoms with Gasteiger partial charge < -0.3 is 15.1 Å². The molecule has 2 aromatic rings. The van der Waals surface area contributed by atoms with Crippen LogP contribution in [0.2, 0.25) is 0 Å². The first-order valence-corrected chi connectivity index (χ1v) is 7.50. The number of carbonyl (C=O) groups is 2. The first-order chi connectivity index (χ1) is 9.91. The zero-order valence-electron chi connectivity index (χ0n) is 12.2. The molecule has 0 radical (unpaired) electrons. The fourth-order valence-electron chi connectivity index (χ4n) is 1.57. The van der Waals surface area contributed by atoms with Crippen LogP contribution < -0.4 is 10.6 Å². The minimum absolute atomic E-state index is 0.134. The van der Waals surface area contributed by atoms with Crippen molar-refractivity contribution in [2.24, 2.45) is 0 Å². The number of rotatable bonds is 5. The van der Waals surface area contributed by atoms with Gasteiger partial charge in [0.25, 0.3) is 11.8 Å². The van der Waals surface area contributed by atoms with Gasteiger partial charge in [0, 0.05) is 5.54 Å². The van der Waals surface area contributed by atoms with Crippen LogP contribution in [0.4, 0.5) is 5.00 Å². The van der Waals surface area contributed by atoms with Crippen LogP contribution in [0.25, 0.3) is 0 Å². The van der Waals surface area contributed by atoms with Gasteiger partial charge in [-0.3, -0.25) is 9.59 Å². The van der Waals surface area contributed by atoms with Crippen LogP contribution in [0.15, 0.2) is 34.9 Å². The number of hydrogen-bond acceptors (Lipinski definition) is 4. The minimum atomic E-state index is -0.331. The molecule has 0 unspecified atom stereocenters. The first kappa shape index (κ1) is 15.3. The Kier molecular flexibility index (Phi) is 4.47. The quantitative estimate of drug-likeness (QED) is 0.888. The lowest BCUT2D eigenvalue weighted by molar-refractivity contribution is 0.0914. The van der Waals surface area contributed by atoms with Gasteiger partial charge in [0.2, 0.25) is 0 Å².